The van der Waals surface area contributed by atoms with Crippen LogP contribution >= 0.6 is 0 Å². The summed E-state index contributed by atoms with van der Waals surface area (Å²) in [6.45, 7) is 1.26. The molecule has 0 N–H and O–H groups in total. The van der Waals surface area contributed by atoms with Gasteiger partial charge in [0, 0.05) is 5.56 Å². The van der Waals surface area contributed by atoms with E-state index < -0.39 is 0 Å². The summed E-state index contributed by atoms with van der Waals surface area (Å²) in [5.41, 5.74) is 4.41. The molecule has 1 aromatic rings. The van der Waals surface area contributed by atoms with Gasteiger partial charge in [0.05, 0.1) is 12.2 Å². The predicted molar refractivity (Wildman–Crippen MR) is 56.2 cm³/mol. The van der Waals surface area contributed by atoms with Gasteiger partial charge >= 0.3 is 5.97 Å². The fourth-order valence-electron chi connectivity index (χ4n) is 2.47. The lowest BCUT2D eigenvalue weighted by molar-refractivity contribution is 0.0535. The minimum atomic E-state index is -0.167. The number of hydrogen-bond acceptors (Lipinski definition) is 3. The van der Waals surface area contributed by atoms with Gasteiger partial charge in [0.25, 0.3) is 0 Å². The summed E-state index contributed by atoms with van der Waals surface area (Å²) in [6.07, 6.45) is 2.76. The SMILES string of the molecule is O=C1OCc2cc([C@@H]3CO3)c(C3CC3)cc21. The summed E-state index contributed by atoms with van der Waals surface area (Å²) in [5, 5.41) is 0. The summed E-state index contributed by atoms with van der Waals surface area (Å²) in [5.74, 6) is 0.484. The Morgan fingerprint density at radius 2 is 2.00 bits per heavy atom. The number of carbonyl (C=O) groups excluding carboxylic acids is 1. The Morgan fingerprint density at radius 1 is 1.19 bits per heavy atom. The van der Waals surface area contributed by atoms with Crippen molar-refractivity contribution in [1.29, 1.82) is 0 Å². The van der Waals surface area contributed by atoms with Crippen LogP contribution in [0.15, 0.2) is 12.1 Å². The van der Waals surface area contributed by atoms with Crippen molar-refractivity contribution in [2.75, 3.05) is 6.61 Å². The predicted octanol–water partition coefficient (Wildman–Crippen LogP) is 2.31. The molecule has 1 saturated heterocycles. The normalized spacial score (nSPS) is 26.5. The molecule has 3 nitrogen and oxygen atoms in total. The van der Waals surface area contributed by atoms with Gasteiger partial charge in [0.2, 0.25) is 0 Å². The van der Waals surface area contributed by atoms with Gasteiger partial charge in [-0.25, -0.2) is 4.79 Å². The average molecular weight is 216 g/mol. The first-order valence-electron chi connectivity index (χ1n) is 5.78. The van der Waals surface area contributed by atoms with E-state index in [4.69, 9.17) is 9.47 Å². The molecule has 0 radical (unpaired) electrons. The number of carbonyl (C=O) groups is 1. The Labute approximate surface area is 93.4 Å². The highest BCUT2D eigenvalue weighted by atomic mass is 16.6. The molecule has 0 bridgehead atoms. The number of cyclic esters (lactones) is 1. The van der Waals surface area contributed by atoms with Crippen molar-refractivity contribution in [2.24, 2.45) is 0 Å². The minimum absolute atomic E-state index is 0.167. The zero-order valence-electron chi connectivity index (χ0n) is 8.86. The fraction of sp³-hybridized carbons (Fsp3) is 0.462. The van der Waals surface area contributed by atoms with Crippen molar-refractivity contribution in [2.45, 2.75) is 31.5 Å². The molecule has 2 heterocycles. The van der Waals surface area contributed by atoms with Crippen molar-refractivity contribution in [3.05, 3.63) is 34.4 Å². The van der Waals surface area contributed by atoms with Crippen LogP contribution in [0.1, 0.15) is 51.9 Å². The van der Waals surface area contributed by atoms with Gasteiger partial charge in [0.1, 0.15) is 12.7 Å². The van der Waals surface area contributed by atoms with Gasteiger partial charge < -0.3 is 9.47 Å². The number of fused-ring (bicyclic) bond motifs is 1. The first-order valence-corrected chi connectivity index (χ1v) is 5.78. The van der Waals surface area contributed by atoms with Gasteiger partial charge in [-0.15, -0.1) is 0 Å². The number of esters is 1. The van der Waals surface area contributed by atoms with Crippen LogP contribution in [0.2, 0.25) is 0 Å². The smallest absolute Gasteiger partial charge is 0.338 e. The molecule has 16 heavy (non-hydrogen) atoms. The molecular formula is C13H12O3. The first kappa shape index (κ1) is 8.76. The molecule has 4 rings (SSSR count). The molecule has 1 atom stereocenters. The van der Waals surface area contributed by atoms with Gasteiger partial charge in [-0.1, -0.05) is 0 Å². The maximum atomic E-state index is 11.5. The lowest BCUT2D eigenvalue weighted by atomic mass is 9.95. The Bertz CT molecular complexity index is 484. The van der Waals surface area contributed by atoms with Crippen molar-refractivity contribution < 1.29 is 14.3 Å². The van der Waals surface area contributed by atoms with Gasteiger partial charge in [0.15, 0.2) is 0 Å². The Kier molecular flexibility index (Phi) is 1.56. The van der Waals surface area contributed by atoms with E-state index in [0.29, 0.717) is 12.5 Å². The second-order valence-corrected chi connectivity index (χ2v) is 4.81. The monoisotopic (exact) mass is 216 g/mol. The maximum Gasteiger partial charge on any atom is 0.338 e. The summed E-state index contributed by atoms with van der Waals surface area (Å²) in [7, 11) is 0. The molecular weight excluding hydrogens is 204 g/mol. The molecule has 1 saturated carbocycles. The third-order valence-corrected chi connectivity index (χ3v) is 3.58. The third kappa shape index (κ3) is 1.21. The van der Waals surface area contributed by atoms with Crippen molar-refractivity contribution in [3.8, 4) is 0 Å². The van der Waals surface area contributed by atoms with Crippen LogP contribution < -0.4 is 0 Å². The Morgan fingerprint density at radius 3 is 2.69 bits per heavy atom. The molecule has 1 aliphatic carbocycles. The fourth-order valence-corrected chi connectivity index (χ4v) is 2.47. The van der Waals surface area contributed by atoms with Crippen LogP contribution in [0.5, 0.6) is 0 Å². The maximum absolute atomic E-state index is 11.5. The summed E-state index contributed by atoms with van der Waals surface area (Å²) < 4.78 is 10.4. The van der Waals surface area contributed by atoms with Crippen LogP contribution in [-0.2, 0) is 16.1 Å². The second-order valence-electron chi connectivity index (χ2n) is 4.81. The van der Waals surface area contributed by atoms with E-state index in [0.717, 1.165) is 17.7 Å². The largest absolute Gasteiger partial charge is 0.457 e. The molecule has 0 amide bonds. The standard InChI is InChI=1S/C13H12O3/c14-13-10-4-9(7-1-2-7)11(12-6-15-12)3-8(10)5-16-13/h3-4,7,12H,1-2,5-6H2/t12-/m0/s1. The number of hydrogen-bond donors (Lipinski definition) is 0. The molecule has 2 fully saturated rings. The van der Waals surface area contributed by atoms with Crippen molar-refractivity contribution in [1.82, 2.24) is 0 Å². The molecule has 0 unspecified atom stereocenters. The highest BCUT2D eigenvalue weighted by molar-refractivity contribution is 5.93. The number of ether oxygens (including phenoxy) is 2. The van der Waals surface area contributed by atoms with E-state index in [1.54, 1.807) is 0 Å². The van der Waals surface area contributed by atoms with E-state index in [1.807, 2.05) is 6.07 Å². The topological polar surface area (TPSA) is 38.8 Å². The molecule has 82 valence electrons. The highest BCUT2D eigenvalue weighted by Gasteiger charge is 2.36. The Hall–Kier alpha value is -1.35. The lowest BCUT2D eigenvalue weighted by Crippen LogP contribution is -1.98. The van der Waals surface area contributed by atoms with E-state index in [-0.39, 0.29) is 12.1 Å². The molecule has 2 aliphatic heterocycles. The van der Waals surface area contributed by atoms with E-state index in [1.165, 1.54) is 24.0 Å². The van der Waals surface area contributed by atoms with Crippen molar-refractivity contribution in [3.63, 3.8) is 0 Å². The molecule has 0 spiro atoms. The first-order chi connectivity index (χ1) is 7.83. The van der Waals surface area contributed by atoms with E-state index in [2.05, 4.69) is 6.07 Å². The average Bonchev–Trinajstić information content (AvgIpc) is 3.16. The van der Waals surface area contributed by atoms with Crippen LogP contribution in [-0.4, -0.2) is 12.6 Å². The van der Waals surface area contributed by atoms with Crippen LogP contribution in [0.25, 0.3) is 0 Å². The second kappa shape index (κ2) is 2.86. The van der Waals surface area contributed by atoms with Crippen molar-refractivity contribution >= 4 is 5.97 Å². The lowest BCUT2D eigenvalue weighted by Gasteiger charge is -2.08. The highest BCUT2D eigenvalue weighted by Crippen LogP contribution is 2.47. The van der Waals surface area contributed by atoms with Crippen LogP contribution in [0, 0.1) is 0 Å². The molecule has 1 aromatic carbocycles. The molecule has 0 aromatic heterocycles. The van der Waals surface area contributed by atoms with Crippen LogP contribution in [0.3, 0.4) is 0 Å². The summed E-state index contributed by atoms with van der Waals surface area (Å²) >= 11 is 0. The van der Waals surface area contributed by atoms with E-state index in [9.17, 15) is 4.79 Å². The summed E-state index contributed by atoms with van der Waals surface area (Å²) in [4.78, 5) is 11.5. The zero-order chi connectivity index (χ0) is 10.7. The third-order valence-electron chi connectivity index (χ3n) is 3.58. The van der Waals surface area contributed by atoms with Gasteiger partial charge in [-0.05, 0) is 42.0 Å². The molecule has 3 aliphatic rings. The quantitative estimate of drug-likeness (QED) is 0.562. The van der Waals surface area contributed by atoms with Crippen LogP contribution in [0.4, 0.5) is 0 Å². The molecule has 3 heteroatoms. The van der Waals surface area contributed by atoms with Gasteiger partial charge in [-0.3, -0.25) is 0 Å². The van der Waals surface area contributed by atoms with E-state index >= 15 is 0 Å². The minimum Gasteiger partial charge on any atom is -0.457 e. The Balaban J connectivity index is 1.88. The summed E-state index contributed by atoms with van der Waals surface area (Å²) in [6, 6.07) is 4.16. The number of epoxide rings is 1. The zero-order valence-corrected chi connectivity index (χ0v) is 8.86. The number of benzene rings is 1. The van der Waals surface area contributed by atoms with Gasteiger partial charge in [-0.2, -0.15) is 0 Å². The number of rotatable bonds is 2.